The van der Waals surface area contributed by atoms with Gasteiger partial charge in [-0.25, -0.2) is 9.97 Å². The standard InChI is InChI=1S/C23H24ClN5O2/c1-16-4-2-5-17(24)21(16)27-23-19-14-25-15-29(19)22-18(26-23)6-3-7-20(22)31-13-10-28-8-11-30-12-9-28/h2-7,14-15H,8-13H2,1H3,(H,26,27). The summed E-state index contributed by atoms with van der Waals surface area (Å²) in [6.07, 6.45) is 3.59. The molecule has 1 aliphatic rings. The van der Waals surface area contributed by atoms with Crippen molar-refractivity contribution in [2.75, 3.05) is 44.8 Å². The molecule has 4 aromatic rings. The normalized spacial score (nSPS) is 14.9. The van der Waals surface area contributed by atoms with E-state index < -0.39 is 0 Å². The molecule has 0 bridgehead atoms. The second-order valence-corrected chi connectivity index (χ2v) is 8.00. The van der Waals surface area contributed by atoms with E-state index in [-0.39, 0.29) is 0 Å². The summed E-state index contributed by atoms with van der Waals surface area (Å²) in [5.74, 6) is 1.49. The lowest BCUT2D eigenvalue weighted by atomic mass is 10.2. The smallest absolute Gasteiger partial charge is 0.157 e. The molecule has 2 aromatic carbocycles. The molecule has 8 heteroatoms. The van der Waals surface area contributed by atoms with Crippen LogP contribution in [0.5, 0.6) is 5.75 Å². The fraction of sp³-hybridized carbons (Fsp3) is 0.304. The van der Waals surface area contributed by atoms with Gasteiger partial charge in [-0.05, 0) is 30.7 Å². The predicted octanol–water partition coefficient (Wildman–Crippen LogP) is 4.30. The van der Waals surface area contributed by atoms with Crippen molar-refractivity contribution in [2.45, 2.75) is 6.92 Å². The summed E-state index contributed by atoms with van der Waals surface area (Å²) < 4.78 is 13.6. The summed E-state index contributed by atoms with van der Waals surface area (Å²) in [6.45, 7) is 6.96. The van der Waals surface area contributed by atoms with Crippen LogP contribution >= 0.6 is 11.6 Å². The van der Waals surface area contributed by atoms with Crippen LogP contribution in [0.15, 0.2) is 48.9 Å². The van der Waals surface area contributed by atoms with E-state index in [9.17, 15) is 0 Å². The fourth-order valence-corrected chi connectivity index (χ4v) is 4.16. The van der Waals surface area contributed by atoms with Crippen LogP contribution in [-0.2, 0) is 4.74 Å². The number of anilines is 2. The van der Waals surface area contributed by atoms with Gasteiger partial charge in [-0.15, -0.1) is 0 Å². The van der Waals surface area contributed by atoms with Gasteiger partial charge in [0.15, 0.2) is 5.82 Å². The number of imidazole rings is 1. The number of hydrogen-bond donors (Lipinski definition) is 1. The molecule has 2 aromatic heterocycles. The van der Waals surface area contributed by atoms with Crippen LogP contribution in [0, 0.1) is 6.92 Å². The molecule has 0 spiro atoms. The minimum atomic E-state index is 0.605. The Balaban J connectivity index is 1.47. The second kappa shape index (κ2) is 8.70. The van der Waals surface area contributed by atoms with Gasteiger partial charge in [-0.1, -0.05) is 29.8 Å². The summed E-state index contributed by atoms with van der Waals surface area (Å²) in [5, 5.41) is 4.06. The highest BCUT2D eigenvalue weighted by Gasteiger charge is 2.15. The highest BCUT2D eigenvalue weighted by atomic mass is 35.5. The number of hydrogen-bond acceptors (Lipinski definition) is 6. The van der Waals surface area contributed by atoms with Crippen molar-refractivity contribution in [3.8, 4) is 5.75 Å². The topological polar surface area (TPSA) is 63.9 Å². The Hall–Kier alpha value is -2.87. The summed E-state index contributed by atoms with van der Waals surface area (Å²) in [7, 11) is 0. The lowest BCUT2D eigenvalue weighted by molar-refractivity contribution is 0.0323. The predicted molar refractivity (Wildman–Crippen MR) is 123 cm³/mol. The van der Waals surface area contributed by atoms with Crippen LogP contribution in [0.2, 0.25) is 5.02 Å². The van der Waals surface area contributed by atoms with Crippen molar-refractivity contribution in [1.29, 1.82) is 0 Å². The van der Waals surface area contributed by atoms with Gasteiger partial charge in [-0.3, -0.25) is 9.30 Å². The molecule has 1 saturated heterocycles. The minimum Gasteiger partial charge on any atom is -0.490 e. The lowest BCUT2D eigenvalue weighted by Gasteiger charge is -2.26. The number of rotatable bonds is 6. The highest BCUT2D eigenvalue weighted by Crippen LogP contribution is 2.33. The molecule has 0 amide bonds. The average Bonchev–Trinajstić information content (AvgIpc) is 3.27. The maximum absolute atomic E-state index is 6.42. The number of morpholine rings is 1. The second-order valence-electron chi connectivity index (χ2n) is 7.59. The van der Waals surface area contributed by atoms with Crippen molar-refractivity contribution >= 4 is 39.7 Å². The first-order valence-electron chi connectivity index (χ1n) is 10.4. The maximum Gasteiger partial charge on any atom is 0.157 e. The van der Waals surface area contributed by atoms with Crippen molar-refractivity contribution < 1.29 is 9.47 Å². The van der Waals surface area contributed by atoms with Crippen molar-refractivity contribution in [2.24, 2.45) is 0 Å². The third-order valence-electron chi connectivity index (χ3n) is 5.57. The van der Waals surface area contributed by atoms with Crippen LogP contribution in [0.25, 0.3) is 16.6 Å². The lowest BCUT2D eigenvalue weighted by Crippen LogP contribution is -2.38. The quantitative estimate of drug-likeness (QED) is 0.485. The van der Waals surface area contributed by atoms with E-state index in [0.717, 1.165) is 66.4 Å². The third kappa shape index (κ3) is 4.04. The minimum absolute atomic E-state index is 0.605. The fourth-order valence-electron chi connectivity index (χ4n) is 3.90. The van der Waals surface area contributed by atoms with E-state index in [1.807, 2.05) is 47.7 Å². The molecule has 7 nitrogen and oxygen atoms in total. The molecule has 0 saturated carbocycles. The van der Waals surface area contributed by atoms with Gasteiger partial charge >= 0.3 is 0 Å². The van der Waals surface area contributed by atoms with Gasteiger partial charge in [0.25, 0.3) is 0 Å². The van der Waals surface area contributed by atoms with E-state index >= 15 is 0 Å². The van der Waals surface area contributed by atoms with Gasteiger partial charge in [0.2, 0.25) is 0 Å². The Kier molecular flexibility index (Phi) is 5.63. The highest BCUT2D eigenvalue weighted by molar-refractivity contribution is 6.33. The molecule has 0 aliphatic carbocycles. The number of halogens is 1. The van der Waals surface area contributed by atoms with E-state index in [4.69, 9.17) is 26.1 Å². The number of fused-ring (bicyclic) bond motifs is 3. The number of aryl methyl sites for hydroxylation is 1. The average molecular weight is 438 g/mol. The molecule has 160 valence electrons. The van der Waals surface area contributed by atoms with Gasteiger partial charge in [-0.2, -0.15) is 0 Å². The van der Waals surface area contributed by atoms with Crippen LogP contribution in [0.3, 0.4) is 0 Å². The van der Waals surface area contributed by atoms with Crippen LogP contribution in [-0.4, -0.2) is 58.7 Å². The number of ether oxygens (including phenoxy) is 2. The van der Waals surface area contributed by atoms with Crippen LogP contribution in [0.1, 0.15) is 5.56 Å². The maximum atomic E-state index is 6.42. The Morgan fingerprint density at radius 1 is 1.16 bits per heavy atom. The number of nitrogens with one attached hydrogen (secondary N) is 1. The van der Waals surface area contributed by atoms with Crippen LogP contribution in [0.4, 0.5) is 11.5 Å². The molecule has 1 N–H and O–H groups in total. The zero-order valence-corrected chi connectivity index (χ0v) is 18.1. The van der Waals surface area contributed by atoms with E-state index in [2.05, 4.69) is 15.2 Å². The molecule has 0 unspecified atom stereocenters. The molecule has 3 heterocycles. The van der Waals surface area contributed by atoms with E-state index in [1.54, 1.807) is 12.5 Å². The zero-order valence-electron chi connectivity index (χ0n) is 17.3. The van der Waals surface area contributed by atoms with Crippen molar-refractivity contribution in [3.63, 3.8) is 0 Å². The summed E-state index contributed by atoms with van der Waals surface area (Å²) in [5.41, 5.74) is 4.47. The first-order valence-corrected chi connectivity index (χ1v) is 10.8. The number of nitrogens with zero attached hydrogens (tertiary/aromatic N) is 4. The van der Waals surface area contributed by atoms with Gasteiger partial charge < -0.3 is 14.8 Å². The molecule has 1 aliphatic heterocycles. The Labute approximate surface area is 185 Å². The van der Waals surface area contributed by atoms with Gasteiger partial charge in [0, 0.05) is 19.6 Å². The monoisotopic (exact) mass is 437 g/mol. The van der Waals surface area contributed by atoms with E-state index in [0.29, 0.717) is 17.4 Å². The zero-order chi connectivity index (χ0) is 21.2. The van der Waals surface area contributed by atoms with Gasteiger partial charge in [0.05, 0.1) is 42.0 Å². The molecular weight excluding hydrogens is 414 g/mol. The number of aromatic nitrogens is 3. The van der Waals surface area contributed by atoms with Crippen LogP contribution < -0.4 is 10.1 Å². The summed E-state index contributed by atoms with van der Waals surface area (Å²) in [6, 6.07) is 11.7. The molecule has 5 rings (SSSR count). The number of benzene rings is 2. The molecular formula is C23H24ClN5O2. The summed E-state index contributed by atoms with van der Waals surface area (Å²) in [4.78, 5) is 11.6. The first-order chi connectivity index (χ1) is 15.2. The molecule has 0 atom stereocenters. The largest absolute Gasteiger partial charge is 0.490 e. The number of para-hydroxylation sites is 2. The molecule has 1 fully saturated rings. The SMILES string of the molecule is Cc1cccc(Cl)c1Nc1nc2cccc(OCCN3CCOCC3)c2n2cncc12. The molecule has 31 heavy (non-hydrogen) atoms. The Morgan fingerprint density at radius 2 is 2.00 bits per heavy atom. The summed E-state index contributed by atoms with van der Waals surface area (Å²) >= 11 is 6.42. The van der Waals surface area contributed by atoms with Crippen molar-refractivity contribution in [3.05, 3.63) is 59.5 Å². The Bertz CT molecular complexity index is 1200. The first kappa shape index (κ1) is 20.1. The molecule has 0 radical (unpaired) electrons. The third-order valence-corrected chi connectivity index (χ3v) is 5.88. The van der Waals surface area contributed by atoms with Crippen molar-refractivity contribution in [1.82, 2.24) is 19.3 Å². The Morgan fingerprint density at radius 3 is 2.84 bits per heavy atom. The van der Waals surface area contributed by atoms with E-state index in [1.165, 1.54) is 0 Å². The van der Waals surface area contributed by atoms with Gasteiger partial charge in [0.1, 0.15) is 23.4 Å².